The summed E-state index contributed by atoms with van der Waals surface area (Å²) in [6.07, 6.45) is -4.71. The first-order valence-electron chi connectivity index (χ1n) is 6.14. The first kappa shape index (κ1) is 15.6. The van der Waals surface area contributed by atoms with Crippen molar-refractivity contribution in [3.05, 3.63) is 29.3 Å². The van der Waals surface area contributed by atoms with Crippen LogP contribution in [0.4, 0.5) is 23.7 Å². The molecular formula is C13H11F3N4O2. The van der Waals surface area contributed by atoms with Crippen LogP contribution in [0.3, 0.4) is 0 Å². The van der Waals surface area contributed by atoms with Gasteiger partial charge in [0, 0.05) is 5.69 Å². The highest BCUT2D eigenvalue weighted by molar-refractivity contribution is 6.02. The standard InChI is InChI=1S/C13H11F3N4O2/c1-12(6-18-11(22)20-12)10(21)19-8-3-2-7(5-17)9(4-8)13(14,15)16/h2-4H,6H2,1H3,(H,19,21)(H2,18,20,22). The van der Waals surface area contributed by atoms with E-state index in [9.17, 15) is 22.8 Å². The van der Waals surface area contributed by atoms with Crippen LogP contribution in [0.5, 0.6) is 0 Å². The van der Waals surface area contributed by atoms with Crippen LogP contribution < -0.4 is 16.0 Å². The van der Waals surface area contributed by atoms with E-state index in [1.165, 1.54) is 19.1 Å². The number of carbonyl (C=O) groups excluding carboxylic acids is 2. The van der Waals surface area contributed by atoms with Gasteiger partial charge in [-0.25, -0.2) is 4.79 Å². The molecule has 6 nitrogen and oxygen atoms in total. The molecule has 9 heteroatoms. The van der Waals surface area contributed by atoms with Crippen molar-refractivity contribution in [2.24, 2.45) is 0 Å². The lowest BCUT2D eigenvalue weighted by Gasteiger charge is -2.21. The van der Waals surface area contributed by atoms with Gasteiger partial charge >= 0.3 is 12.2 Å². The van der Waals surface area contributed by atoms with Crippen LogP contribution in [0.1, 0.15) is 18.1 Å². The van der Waals surface area contributed by atoms with E-state index in [0.717, 1.165) is 6.07 Å². The Morgan fingerprint density at radius 2 is 2.14 bits per heavy atom. The van der Waals surface area contributed by atoms with Crippen molar-refractivity contribution in [3.63, 3.8) is 0 Å². The van der Waals surface area contributed by atoms with Gasteiger partial charge in [-0.3, -0.25) is 4.79 Å². The second-order valence-corrected chi connectivity index (χ2v) is 4.96. The third-order valence-electron chi connectivity index (χ3n) is 3.20. The van der Waals surface area contributed by atoms with Gasteiger partial charge in [0.25, 0.3) is 5.91 Å². The highest BCUT2D eigenvalue weighted by Gasteiger charge is 2.40. The molecule has 116 valence electrons. The summed E-state index contributed by atoms with van der Waals surface area (Å²) in [6.45, 7) is 1.45. The molecule has 1 fully saturated rings. The van der Waals surface area contributed by atoms with Gasteiger partial charge in [-0.05, 0) is 25.1 Å². The lowest BCUT2D eigenvalue weighted by molar-refractivity contribution is -0.137. The Hall–Kier alpha value is -2.76. The minimum Gasteiger partial charge on any atom is -0.335 e. The van der Waals surface area contributed by atoms with Crippen molar-refractivity contribution >= 4 is 17.6 Å². The van der Waals surface area contributed by atoms with Gasteiger partial charge in [0.1, 0.15) is 5.54 Å². The van der Waals surface area contributed by atoms with Gasteiger partial charge in [-0.2, -0.15) is 18.4 Å². The number of hydrogen-bond donors (Lipinski definition) is 3. The van der Waals surface area contributed by atoms with Gasteiger partial charge in [0.05, 0.1) is 23.7 Å². The zero-order chi connectivity index (χ0) is 16.5. The molecule has 3 N–H and O–H groups in total. The maximum absolute atomic E-state index is 12.8. The minimum absolute atomic E-state index is 0.0140. The van der Waals surface area contributed by atoms with Crippen LogP contribution in [0.2, 0.25) is 0 Å². The first-order valence-corrected chi connectivity index (χ1v) is 6.14. The average Bonchev–Trinajstić information content (AvgIpc) is 2.79. The van der Waals surface area contributed by atoms with E-state index in [0.29, 0.717) is 6.07 Å². The molecule has 1 aromatic carbocycles. The number of hydrogen-bond acceptors (Lipinski definition) is 3. The Morgan fingerprint density at radius 1 is 1.45 bits per heavy atom. The molecule has 0 saturated carbocycles. The molecule has 1 aliphatic rings. The average molecular weight is 312 g/mol. The topological polar surface area (TPSA) is 94.0 Å². The Bertz CT molecular complexity index is 681. The third-order valence-corrected chi connectivity index (χ3v) is 3.20. The van der Waals surface area contributed by atoms with Crippen molar-refractivity contribution in [2.75, 3.05) is 11.9 Å². The first-order chi connectivity index (χ1) is 10.2. The second kappa shape index (κ2) is 5.22. The number of nitriles is 1. The fourth-order valence-electron chi connectivity index (χ4n) is 1.96. The Kier molecular flexibility index (Phi) is 3.70. The molecule has 0 aromatic heterocycles. The van der Waals surface area contributed by atoms with Gasteiger partial charge in [-0.15, -0.1) is 0 Å². The second-order valence-electron chi connectivity index (χ2n) is 4.96. The van der Waals surface area contributed by atoms with E-state index in [4.69, 9.17) is 5.26 Å². The number of amides is 3. The summed E-state index contributed by atoms with van der Waals surface area (Å²) < 4.78 is 38.5. The summed E-state index contributed by atoms with van der Waals surface area (Å²) in [4.78, 5) is 23.2. The molecule has 0 spiro atoms. The lowest BCUT2D eigenvalue weighted by atomic mass is 10.0. The molecule has 2 rings (SSSR count). The molecule has 0 bridgehead atoms. The van der Waals surface area contributed by atoms with Crippen LogP contribution in [0.15, 0.2) is 18.2 Å². The molecule has 1 heterocycles. The quantitative estimate of drug-likeness (QED) is 0.774. The van der Waals surface area contributed by atoms with E-state index >= 15 is 0 Å². The Morgan fingerprint density at radius 3 is 2.64 bits per heavy atom. The number of halogens is 3. The number of alkyl halides is 3. The smallest absolute Gasteiger partial charge is 0.335 e. The SMILES string of the molecule is CC1(C(=O)Nc2ccc(C#N)c(C(F)(F)F)c2)CNC(=O)N1. The highest BCUT2D eigenvalue weighted by Crippen LogP contribution is 2.33. The number of rotatable bonds is 2. The number of carbonyl (C=O) groups is 2. The minimum atomic E-state index is -4.71. The predicted molar refractivity (Wildman–Crippen MR) is 69.7 cm³/mol. The van der Waals surface area contributed by atoms with Crippen molar-refractivity contribution in [1.82, 2.24) is 10.6 Å². The summed E-state index contributed by atoms with van der Waals surface area (Å²) in [5.41, 5.74) is -3.04. The largest absolute Gasteiger partial charge is 0.417 e. The van der Waals surface area contributed by atoms with Gasteiger partial charge in [0.15, 0.2) is 0 Å². The molecule has 1 saturated heterocycles. The molecule has 0 aliphatic carbocycles. The van der Waals surface area contributed by atoms with Crippen LogP contribution in [-0.4, -0.2) is 24.0 Å². The number of nitrogens with one attached hydrogen (secondary N) is 3. The summed E-state index contributed by atoms with van der Waals surface area (Å²) >= 11 is 0. The maximum Gasteiger partial charge on any atom is 0.417 e. The summed E-state index contributed by atoms with van der Waals surface area (Å²) in [5, 5.41) is 15.8. The molecule has 1 atom stereocenters. The van der Waals surface area contributed by atoms with E-state index in [2.05, 4.69) is 16.0 Å². The van der Waals surface area contributed by atoms with Crippen molar-refractivity contribution < 1.29 is 22.8 Å². The van der Waals surface area contributed by atoms with Gasteiger partial charge in [0.2, 0.25) is 0 Å². The van der Waals surface area contributed by atoms with Crippen LogP contribution >= 0.6 is 0 Å². The van der Waals surface area contributed by atoms with Crippen molar-refractivity contribution in [1.29, 1.82) is 5.26 Å². The van der Waals surface area contributed by atoms with Crippen LogP contribution in [0.25, 0.3) is 0 Å². The predicted octanol–water partition coefficient (Wildman–Crippen LogP) is 1.59. The summed E-state index contributed by atoms with van der Waals surface area (Å²) in [7, 11) is 0. The Labute approximate surface area is 123 Å². The lowest BCUT2D eigenvalue weighted by Crippen LogP contribution is -2.51. The monoisotopic (exact) mass is 312 g/mol. The molecule has 22 heavy (non-hydrogen) atoms. The zero-order valence-corrected chi connectivity index (χ0v) is 11.3. The normalized spacial score (nSPS) is 20.8. The van der Waals surface area contributed by atoms with Crippen molar-refractivity contribution in [3.8, 4) is 6.07 Å². The summed E-state index contributed by atoms with van der Waals surface area (Å²) in [5.74, 6) is -0.663. The number of benzene rings is 1. The fraction of sp³-hybridized carbons (Fsp3) is 0.308. The van der Waals surface area contributed by atoms with Crippen LogP contribution in [0, 0.1) is 11.3 Å². The number of urea groups is 1. The molecule has 1 aliphatic heterocycles. The molecule has 1 aromatic rings. The van der Waals surface area contributed by atoms with E-state index in [1.54, 1.807) is 0 Å². The van der Waals surface area contributed by atoms with Gasteiger partial charge in [-0.1, -0.05) is 0 Å². The van der Waals surface area contributed by atoms with Crippen LogP contribution in [-0.2, 0) is 11.0 Å². The maximum atomic E-state index is 12.8. The highest BCUT2D eigenvalue weighted by atomic mass is 19.4. The van der Waals surface area contributed by atoms with E-state index in [1.807, 2.05) is 0 Å². The Balaban J connectivity index is 2.26. The van der Waals surface area contributed by atoms with E-state index in [-0.39, 0.29) is 12.2 Å². The van der Waals surface area contributed by atoms with Gasteiger partial charge < -0.3 is 16.0 Å². The summed E-state index contributed by atoms with van der Waals surface area (Å²) in [6, 6.07) is 3.77. The number of nitrogens with zero attached hydrogens (tertiary/aromatic N) is 1. The number of anilines is 1. The third kappa shape index (κ3) is 2.95. The zero-order valence-electron chi connectivity index (χ0n) is 11.3. The van der Waals surface area contributed by atoms with Crippen molar-refractivity contribution in [2.45, 2.75) is 18.6 Å². The van der Waals surface area contributed by atoms with E-state index < -0.39 is 34.8 Å². The fourth-order valence-corrected chi connectivity index (χ4v) is 1.96. The molecule has 1 unspecified atom stereocenters. The molecular weight excluding hydrogens is 301 g/mol. The molecule has 3 amide bonds. The molecule has 0 radical (unpaired) electrons.